The molecule has 8 heteroatoms. The molecular weight excluding hydrogens is 356 g/mol. The minimum Gasteiger partial charge on any atom is -0.497 e. The molecule has 0 unspecified atom stereocenters. The number of rotatable bonds is 4. The van der Waals surface area contributed by atoms with E-state index in [0.717, 1.165) is 22.8 Å². The first-order valence-corrected chi connectivity index (χ1v) is 9.78. The number of piperazine rings is 1. The van der Waals surface area contributed by atoms with Gasteiger partial charge in [0.25, 0.3) is 10.0 Å². The highest BCUT2D eigenvalue weighted by atomic mass is 35.5. The highest BCUT2D eigenvalue weighted by Gasteiger charge is 2.29. The average molecular weight is 373 g/mol. The third-order valence-corrected chi connectivity index (χ3v) is 7.40. The number of ether oxygens (including phenoxy) is 1. The van der Waals surface area contributed by atoms with Crippen molar-refractivity contribution in [1.29, 1.82) is 0 Å². The summed E-state index contributed by atoms with van der Waals surface area (Å²) in [5.74, 6) is 0.797. The van der Waals surface area contributed by atoms with Gasteiger partial charge in [-0.1, -0.05) is 17.7 Å². The Morgan fingerprint density at radius 1 is 1.13 bits per heavy atom. The molecule has 2 heterocycles. The van der Waals surface area contributed by atoms with Gasteiger partial charge < -0.3 is 9.64 Å². The van der Waals surface area contributed by atoms with Crippen LogP contribution in [0.15, 0.2) is 40.6 Å². The van der Waals surface area contributed by atoms with Gasteiger partial charge >= 0.3 is 0 Å². The van der Waals surface area contributed by atoms with Crippen LogP contribution in [-0.4, -0.2) is 46.0 Å². The minimum absolute atomic E-state index is 0.303. The Morgan fingerprint density at radius 2 is 1.87 bits per heavy atom. The lowest BCUT2D eigenvalue weighted by Gasteiger charge is -2.35. The molecule has 23 heavy (non-hydrogen) atoms. The van der Waals surface area contributed by atoms with E-state index in [2.05, 4.69) is 4.90 Å². The number of benzene rings is 1. The van der Waals surface area contributed by atoms with Crippen molar-refractivity contribution >= 4 is 38.6 Å². The zero-order chi connectivity index (χ0) is 16.4. The van der Waals surface area contributed by atoms with Crippen molar-refractivity contribution in [2.45, 2.75) is 4.21 Å². The third kappa shape index (κ3) is 3.47. The van der Waals surface area contributed by atoms with Gasteiger partial charge in [-0.25, -0.2) is 8.42 Å². The van der Waals surface area contributed by atoms with Gasteiger partial charge in [0.2, 0.25) is 0 Å². The SMILES string of the molecule is COc1cccc(N2CCN(S(=O)(=O)c3ccc(Cl)s3)CC2)c1. The average Bonchev–Trinajstić information content (AvgIpc) is 3.02. The lowest BCUT2D eigenvalue weighted by molar-refractivity contribution is 0.385. The van der Waals surface area contributed by atoms with Gasteiger partial charge in [0.15, 0.2) is 0 Å². The second-order valence-corrected chi connectivity index (χ2v) is 9.03. The van der Waals surface area contributed by atoms with E-state index in [1.54, 1.807) is 19.2 Å². The Labute approximate surface area is 145 Å². The molecule has 0 aliphatic carbocycles. The van der Waals surface area contributed by atoms with E-state index in [4.69, 9.17) is 16.3 Å². The zero-order valence-electron chi connectivity index (χ0n) is 12.6. The molecule has 0 amide bonds. The molecule has 1 aromatic heterocycles. The topological polar surface area (TPSA) is 49.9 Å². The van der Waals surface area contributed by atoms with Crippen molar-refractivity contribution in [2.75, 3.05) is 38.2 Å². The van der Waals surface area contributed by atoms with Crippen molar-refractivity contribution in [3.8, 4) is 5.75 Å². The Bertz CT molecular complexity index is 784. The van der Waals surface area contributed by atoms with Crippen LogP contribution in [-0.2, 0) is 10.0 Å². The van der Waals surface area contributed by atoms with E-state index in [-0.39, 0.29) is 0 Å². The Kier molecular flexibility index (Phi) is 4.82. The van der Waals surface area contributed by atoms with Crippen LogP contribution < -0.4 is 9.64 Å². The maximum absolute atomic E-state index is 12.6. The Hall–Kier alpha value is -1.28. The predicted octanol–water partition coefficient (Wildman–Crippen LogP) is 2.92. The summed E-state index contributed by atoms with van der Waals surface area (Å²) >= 11 is 6.95. The van der Waals surface area contributed by atoms with Crippen LogP contribution in [0.2, 0.25) is 4.34 Å². The first-order chi connectivity index (χ1) is 11.0. The van der Waals surface area contributed by atoms with E-state index in [1.165, 1.54) is 4.31 Å². The fraction of sp³-hybridized carbons (Fsp3) is 0.333. The molecule has 0 N–H and O–H groups in total. The van der Waals surface area contributed by atoms with Gasteiger partial charge in [-0.3, -0.25) is 0 Å². The number of thiophene rings is 1. The largest absolute Gasteiger partial charge is 0.497 e. The number of anilines is 1. The predicted molar refractivity (Wildman–Crippen MR) is 93.3 cm³/mol. The van der Waals surface area contributed by atoms with Crippen LogP contribution in [0, 0.1) is 0 Å². The fourth-order valence-electron chi connectivity index (χ4n) is 2.56. The van der Waals surface area contributed by atoms with Crippen molar-refractivity contribution in [2.24, 2.45) is 0 Å². The number of nitrogens with zero attached hydrogens (tertiary/aromatic N) is 2. The summed E-state index contributed by atoms with van der Waals surface area (Å²) in [6.45, 7) is 2.20. The van der Waals surface area contributed by atoms with Gasteiger partial charge in [0.1, 0.15) is 9.96 Å². The Balaban J connectivity index is 1.70. The maximum atomic E-state index is 12.6. The summed E-state index contributed by atoms with van der Waals surface area (Å²) in [7, 11) is -1.81. The number of sulfonamides is 1. The molecule has 1 aliphatic heterocycles. The monoisotopic (exact) mass is 372 g/mol. The van der Waals surface area contributed by atoms with Crippen LogP contribution in [0.25, 0.3) is 0 Å². The van der Waals surface area contributed by atoms with Gasteiger partial charge in [-0.2, -0.15) is 4.31 Å². The molecule has 2 aromatic rings. The van der Waals surface area contributed by atoms with E-state index < -0.39 is 10.0 Å². The standard InChI is InChI=1S/C15H17ClN2O3S2/c1-21-13-4-2-3-12(11-13)17-7-9-18(10-8-17)23(19,20)15-6-5-14(16)22-15/h2-6,11H,7-10H2,1H3. The molecule has 1 saturated heterocycles. The molecule has 5 nitrogen and oxygen atoms in total. The van der Waals surface area contributed by atoms with Crippen molar-refractivity contribution < 1.29 is 13.2 Å². The van der Waals surface area contributed by atoms with Gasteiger partial charge in [0.05, 0.1) is 11.4 Å². The molecular formula is C15H17ClN2O3S2. The summed E-state index contributed by atoms with van der Waals surface area (Å²) in [6, 6.07) is 11.0. The third-order valence-electron chi connectivity index (χ3n) is 3.80. The van der Waals surface area contributed by atoms with Crippen LogP contribution in [0.5, 0.6) is 5.75 Å². The van der Waals surface area contributed by atoms with Gasteiger partial charge in [-0.15, -0.1) is 11.3 Å². The van der Waals surface area contributed by atoms with Crippen molar-refractivity contribution in [3.05, 3.63) is 40.7 Å². The van der Waals surface area contributed by atoms with E-state index in [9.17, 15) is 8.42 Å². The van der Waals surface area contributed by atoms with Crippen LogP contribution >= 0.6 is 22.9 Å². The quantitative estimate of drug-likeness (QED) is 0.828. The Morgan fingerprint density at radius 3 is 2.48 bits per heavy atom. The first-order valence-electron chi connectivity index (χ1n) is 7.15. The van der Waals surface area contributed by atoms with E-state index in [0.29, 0.717) is 34.7 Å². The molecule has 0 spiro atoms. The summed E-state index contributed by atoms with van der Waals surface area (Å²) in [4.78, 5) is 2.16. The summed E-state index contributed by atoms with van der Waals surface area (Å²) in [6.07, 6.45) is 0. The molecule has 1 fully saturated rings. The summed E-state index contributed by atoms with van der Waals surface area (Å²) in [5.41, 5.74) is 1.04. The van der Waals surface area contributed by atoms with Crippen LogP contribution in [0.4, 0.5) is 5.69 Å². The molecule has 0 atom stereocenters. The lowest BCUT2D eigenvalue weighted by Crippen LogP contribution is -2.48. The van der Waals surface area contributed by atoms with E-state index in [1.807, 2.05) is 24.3 Å². The lowest BCUT2D eigenvalue weighted by atomic mass is 10.2. The summed E-state index contributed by atoms with van der Waals surface area (Å²) < 4.78 is 32.7. The van der Waals surface area contributed by atoms with Crippen molar-refractivity contribution in [1.82, 2.24) is 4.31 Å². The molecule has 0 radical (unpaired) electrons. The normalized spacial score (nSPS) is 16.5. The molecule has 3 rings (SSSR count). The maximum Gasteiger partial charge on any atom is 0.252 e. The molecule has 0 bridgehead atoms. The summed E-state index contributed by atoms with van der Waals surface area (Å²) in [5, 5.41) is 0. The van der Waals surface area contributed by atoms with Gasteiger partial charge in [0, 0.05) is 37.9 Å². The number of methoxy groups -OCH3 is 1. The molecule has 0 saturated carbocycles. The second kappa shape index (κ2) is 6.68. The number of hydrogen-bond donors (Lipinski definition) is 0. The van der Waals surface area contributed by atoms with E-state index >= 15 is 0 Å². The number of halogens is 1. The van der Waals surface area contributed by atoms with Crippen LogP contribution in [0.3, 0.4) is 0 Å². The molecule has 1 aromatic carbocycles. The van der Waals surface area contributed by atoms with Gasteiger partial charge in [-0.05, 0) is 24.3 Å². The minimum atomic E-state index is -3.44. The highest BCUT2D eigenvalue weighted by Crippen LogP contribution is 2.29. The fourth-order valence-corrected chi connectivity index (χ4v) is 5.62. The van der Waals surface area contributed by atoms with Crippen LogP contribution in [0.1, 0.15) is 0 Å². The zero-order valence-corrected chi connectivity index (χ0v) is 15.0. The molecule has 124 valence electrons. The number of hydrogen-bond acceptors (Lipinski definition) is 5. The smallest absolute Gasteiger partial charge is 0.252 e. The first kappa shape index (κ1) is 16.6. The molecule has 1 aliphatic rings. The highest BCUT2D eigenvalue weighted by molar-refractivity contribution is 7.91. The van der Waals surface area contributed by atoms with Crippen molar-refractivity contribution in [3.63, 3.8) is 0 Å². The second-order valence-electron chi connectivity index (χ2n) is 5.15.